The zero-order valence-electron chi connectivity index (χ0n) is 11.1. The summed E-state index contributed by atoms with van der Waals surface area (Å²) in [6.07, 6.45) is 0. The fourth-order valence-electron chi connectivity index (χ4n) is 1.54. The summed E-state index contributed by atoms with van der Waals surface area (Å²) < 4.78 is 31.1. The standard InChI is InChI=1S/C14H16F2N2O/c1-14(2,3)17-8-10-7-13(19-18-10)9-4-5-11(15)12(16)6-9/h4-7,17H,8H2,1-3H3. The molecule has 0 spiro atoms. The lowest BCUT2D eigenvalue weighted by molar-refractivity contribution is 0.392. The van der Waals surface area contributed by atoms with E-state index in [9.17, 15) is 8.78 Å². The Bertz CT molecular complexity index is 573. The van der Waals surface area contributed by atoms with Crippen LogP contribution in [-0.4, -0.2) is 10.7 Å². The number of hydrogen-bond donors (Lipinski definition) is 1. The fraction of sp³-hybridized carbons (Fsp3) is 0.357. The van der Waals surface area contributed by atoms with E-state index < -0.39 is 11.6 Å². The summed E-state index contributed by atoms with van der Waals surface area (Å²) in [4.78, 5) is 0. The average Bonchev–Trinajstić information content (AvgIpc) is 2.78. The molecule has 1 heterocycles. The monoisotopic (exact) mass is 266 g/mol. The van der Waals surface area contributed by atoms with Gasteiger partial charge in [0, 0.05) is 23.7 Å². The van der Waals surface area contributed by atoms with Gasteiger partial charge in [0.1, 0.15) is 0 Å². The van der Waals surface area contributed by atoms with Gasteiger partial charge in [0.05, 0.1) is 5.69 Å². The maximum absolute atomic E-state index is 13.1. The first kappa shape index (κ1) is 13.7. The lowest BCUT2D eigenvalue weighted by Gasteiger charge is -2.19. The second-order valence-electron chi connectivity index (χ2n) is 5.41. The van der Waals surface area contributed by atoms with Crippen LogP contribution < -0.4 is 5.32 Å². The van der Waals surface area contributed by atoms with Crippen molar-refractivity contribution in [3.63, 3.8) is 0 Å². The number of aromatic nitrogens is 1. The third kappa shape index (κ3) is 3.61. The summed E-state index contributed by atoms with van der Waals surface area (Å²) in [5, 5.41) is 7.16. The van der Waals surface area contributed by atoms with Crippen molar-refractivity contribution in [1.29, 1.82) is 0 Å². The fourth-order valence-corrected chi connectivity index (χ4v) is 1.54. The van der Waals surface area contributed by atoms with Gasteiger partial charge in [-0.2, -0.15) is 0 Å². The molecule has 2 rings (SSSR count). The molecule has 5 heteroatoms. The topological polar surface area (TPSA) is 38.1 Å². The van der Waals surface area contributed by atoms with Crippen LogP contribution in [-0.2, 0) is 6.54 Å². The Hall–Kier alpha value is -1.75. The molecule has 2 aromatic rings. The number of nitrogens with one attached hydrogen (secondary N) is 1. The highest BCUT2D eigenvalue weighted by Crippen LogP contribution is 2.22. The van der Waals surface area contributed by atoms with Gasteiger partial charge < -0.3 is 9.84 Å². The molecule has 3 nitrogen and oxygen atoms in total. The number of hydrogen-bond acceptors (Lipinski definition) is 3. The maximum atomic E-state index is 13.1. The molecule has 1 aromatic carbocycles. The molecule has 0 saturated heterocycles. The van der Waals surface area contributed by atoms with Crippen LogP contribution in [0.2, 0.25) is 0 Å². The molecule has 0 aliphatic carbocycles. The Kier molecular flexibility index (Phi) is 3.66. The van der Waals surface area contributed by atoms with E-state index in [1.807, 2.05) is 20.8 Å². The van der Waals surface area contributed by atoms with Crippen LogP contribution in [0.25, 0.3) is 11.3 Å². The first-order valence-electron chi connectivity index (χ1n) is 6.01. The van der Waals surface area contributed by atoms with Gasteiger partial charge in [0.2, 0.25) is 0 Å². The minimum Gasteiger partial charge on any atom is -0.356 e. The predicted molar refractivity (Wildman–Crippen MR) is 68.4 cm³/mol. The first-order chi connectivity index (χ1) is 8.85. The Labute approximate surface area is 110 Å². The van der Waals surface area contributed by atoms with Crippen molar-refractivity contribution in [2.75, 3.05) is 0 Å². The van der Waals surface area contributed by atoms with Gasteiger partial charge in [0.25, 0.3) is 0 Å². The predicted octanol–water partition coefficient (Wildman–Crippen LogP) is 3.51. The Morgan fingerprint density at radius 2 is 1.89 bits per heavy atom. The van der Waals surface area contributed by atoms with Crippen LogP contribution in [0.1, 0.15) is 26.5 Å². The van der Waals surface area contributed by atoms with Gasteiger partial charge in [0.15, 0.2) is 17.4 Å². The minimum absolute atomic E-state index is 0.0267. The molecular formula is C14H16F2N2O. The summed E-state index contributed by atoms with van der Waals surface area (Å²) in [5.41, 5.74) is 1.16. The molecule has 0 atom stereocenters. The highest BCUT2D eigenvalue weighted by atomic mass is 19.2. The van der Waals surface area contributed by atoms with E-state index in [2.05, 4.69) is 10.5 Å². The van der Waals surface area contributed by atoms with Gasteiger partial charge in [-0.05, 0) is 39.0 Å². The van der Waals surface area contributed by atoms with E-state index in [1.165, 1.54) is 6.07 Å². The molecule has 102 valence electrons. The molecule has 1 aromatic heterocycles. The van der Waals surface area contributed by atoms with Crippen LogP contribution in [0.4, 0.5) is 8.78 Å². The molecule has 1 N–H and O–H groups in total. The Morgan fingerprint density at radius 3 is 2.53 bits per heavy atom. The molecule has 0 amide bonds. The smallest absolute Gasteiger partial charge is 0.167 e. The Morgan fingerprint density at radius 1 is 1.16 bits per heavy atom. The van der Waals surface area contributed by atoms with Crippen LogP contribution in [0.3, 0.4) is 0 Å². The van der Waals surface area contributed by atoms with Crippen molar-refractivity contribution in [3.8, 4) is 11.3 Å². The molecule has 0 bridgehead atoms. The second kappa shape index (κ2) is 5.09. The van der Waals surface area contributed by atoms with Crippen LogP contribution in [0.15, 0.2) is 28.8 Å². The molecule has 0 radical (unpaired) electrons. The third-order valence-electron chi connectivity index (χ3n) is 2.56. The van der Waals surface area contributed by atoms with E-state index in [0.29, 0.717) is 17.9 Å². The summed E-state index contributed by atoms with van der Waals surface area (Å²) in [6, 6.07) is 5.34. The van der Waals surface area contributed by atoms with E-state index in [4.69, 9.17) is 4.52 Å². The van der Waals surface area contributed by atoms with E-state index in [0.717, 1.165) is 17.8 Å². The third-order valence-corrected chi connectivity index (χ3v) is 2.56. The highest BCUT2D eigenvalue weighted by molar-refractivity contribution is 5.57. The van der Waals surface area contributed by atoms with Gasteiger partial charge in [-0.25, -0.2) is 8.78 Å². The van der Waals surface area contributed by atoms with Crippen molar-refractivity contribution >= 4 is 0 Å². The number of rotatable bonds is 3. The van der Waals surface area contributed by atoms with Crippen LogP contribution >= 0.6 is 0 Å². The Balaban J connectivity index is 2.14. The molecule has 0 fully saturated rings. The van der Waals surface area contributed by atoms with E-state index in [-0.39, 0.29) is 5.54 Å². The van der Waals surface area contributed by atoms with Gasteiger partial charge >= 0.3 is 0 Å². The normalized spacial score (nSPS) is 11.8. The first-order valence-corrected chi connectivity index (χ1v) is 6.01. The molecule has 0 aliphatic rings. The SMILES string of the molecule is CC(C)(C)NCc1cc(-c2ccc(F)c(F)c2)on1. The average molecular weight is 266 g/mol. The largest absolute Gasteiger partial charge is 0.356 e. The zero-order valence-corrected chi connectivity index (χ0v) is 11.1. The molecule has 0 aliphatic heterocycles. The lowest BCUT2D eigenvalue weighted by atomic mass is 10.1. The van der Waals surface area contributed by atoms with Gasteiger partial charge in [-0.1, -0.05) is 5.16 Å². The summed E-state index contributed by atoms with van der Waals surface area (Å²) >= 11 is 0. The maximum Gasteiger partial charge on any atom is 0.167 e. The molecular weight excluding hydrogens is 250 g/mol. The van der Waals surface area contributed by atoms with Gasteiger partial charge in [-0.15, -0.1) is 0 Å². The zero-order chi connectivity index (χ0) is 14.0. The number of halogens is 2. The molecule has 0 saturated carbocycles. The van der Waals surface area contributed by atoms with Crippen LogP contribution in [0.5, 0.6) is 0 Å². The number of benzene rings is 1. The van der Waals surface area contributed by atoms with E-state index in [1.54, 1.807) is 6.07 Å². The second-order valence-corrected chi connectivity index (χ2v) is 5.41. The van der Waals surface area contributed by atoms with Crippen molar-refractivity contribution < 1.29 is 13.3 Å². The lowest BCUT2D eigenvalue weighted by Crippen LogP contribution is -2.35. The minimum atomic E-state index is -0.900. The summed E-state index contributed by atoms with van der Waals surface area (Å²) in [5.74, 6) is -1.36. The quantitative estimate of drug-likeness (QED) is 0.923. The van der Waals surface area contributed by atoms with Crippen molar-refractivity contribution in [2.24, 2.45) is 0 Å². The summed E-state index contributed by atoms with van der Waals surface area (Å²) in [6.45, 7) is 6.69. The van der Waals surface area contributed by atoms with Crippen molar-refractivity contribution in [1.82, 2.24) is 10.5 Å². The van der Waals surface area contributed by atoms with Gasteiger partial charge in [-0.3, -0.25) is 0 Å². The van der Waals surface area contributed by atoms with E-state index >= 15 is 0 Å². The summed E-state index contributed by atoms with van der Waals surface area (Å²) in [7, 11) is 0. The molecule has 19 heavy (non-hydrogen) atoms. The highest BCUT2D eigenvalue weighted by Gasteiger charge is 2.13. The van der Waals surface area contributed by atoms with Crippen molar-refractivity contribution in [3.05, 3.63) is 41.6 Å². The van der Waals surface area contributed by atoms with Crippen molar-refractivity contribution in [2.45, 2.75) is 32.9 Å². The molecule has 0 unspecified atom stereocenters. The van der Waals surface area contributed by atoms with Crippen LogP contribution in [0, 0.1) is 11.6 Å². The number of nitrogens with zero attached hydrogens (tertiary/aromatic N) is 1.